The van der Waals surface area contributed by atoms with Crippen molar-refractivity contribution in [2.24, 2.45) is 11.3 Å². The highest BCUT2D eigenvalue weighted by Crippen LogP contribution is 2.43. The van der Waals surface area contributed by atoms with E-state index in [1.165, 1.54) is 11.1 Å². The minimum Gasteiger partial charge on any atom is -0.487 e. The number of para-hydroxylation sites is 1. The van der Waals surface area contributed by atoms with Crippen LogP contribution in [0.15, 0.2) is 65.5 Å². The lowest BCUT2D eigenvalue weighted by molar-refractivity contribution is -0.118. The molecule has 8 nitrogen and oxygen atoms in total. The van der Waals surface area contributed by atoms with E-state index in [1.54, 1.807) is 0 Å². The van der Waals surface area contributed by atoms with Crippen molar-refractivity contribution in [2.75, 3.05) is 0 Å². The maximum Gasteiger partial charge on any atom is 0.319 e. The zero-order chi connectivity index (χ0) is 26.2. The Labute approximate surface area is 217 Å². The summed E-state index contributed by atoms with van der Waals surface area (Å²) in [6, 6.07) is 6.66. The summed E-state index contributed by atoms with van der Waals surface area (Å²) in [6.45, 7) is 11.3. The van der Waals surface area contributed by atoms with Crippen LogP contribution in [0.2, 0.25) is 0 Å². The molecule has 1 aromatic carbocycles. The van der Waals surface area contributed by atoms with Crippen LogP contribution in [0.3, 0.4) is 0 Å². The smallest absolute Gasteiger partial charge is 0.319 e. The number of benzene rings is 1. The van der Waals surface area contributed by atoms with Gasteiger partial charge in [-0.1, -0.05) is 61.1 Å². The minimum atomic E-state index is -0.555. The Morgan fingerprint density at radius 1 is 1.24 bits per heavy atom. The van der Waals surface area contributed by atoms with Gasteiger partial charge in [0.1, 0.15) is 18.1 Å². The van der Waals surface area contributed by atoms with Gasteiger partial charge in [0.2, 0.25) is 0 Å². The molecule has 194 valence electrons. The fourth-order valence-electron chi connectivity index (χ4n) is 5.56. The van der Waals surface area contributed by atoms with E-state index >= 15 is 0 Å². The van der Waals surface area contributed by atoms with Crippen molar-refractivity contribution in [3.63, 3.8) is 0 Å². The summed E-state index contributed by atoms with van der Waals surface area (Å²) in [4.78, 5) is 25.6. The predicted molar refractivity (Wildman–Crippen MR) is 140 cm³/mol. The average Bonchev–Trinajstić information content (AvgIpc) is 3.29. The van der Waals surface area contributed by atoms with Gasteiger partial charge < -0.3 is 15.4 Å². The number of allylic oxidation sites excluding steroid dienone is 4. The number of nitrogens with one attached hydrogen (secondary N) is 2. The van der Waals surface area contributed by atoms with E-state index in [0.29, 0.717) is 35.8 Å². The third-order valence-electron chi connectivity index (χ3n) is 7.51. The van der Waals surface area contributed by atoms with Crippen LogP contribution in [0.25, 0.3) is 0 Å². The Kier molecular flexibility index (Phi) is 6.75. The van der Waals surface area contributed by atoms with Crippen LogP contribution in [0.5, 0.6) is 5.75 Å². The summed E-state index contributed by atoms with van der Waals surface area (Å²) in [5.74, 6) is 1.23. The number of urea groups is 1. The number of rotatable bonds is 7. The van der Waals surface area contributed by atoms with E-state index in [2.05, 4.69) is 40.5 Å². The maximum atomic E-state index is 13.1. The fourth-order valence-corrected chi connectivity index (χ4v) is 5.56. The van der Waals surface area contributed by atoms with Gasteiger partial charge >= 0.3 is 6.03 Å². The number of carbonyl (C=O) groups excluding carboxylic acids is 2. The first kappa shape index (κ1) is 25.0. The molecule has 0 radical (unpaired) electrons. The molecule has 1 aliphatic heterocycles. The molecule has 2 N–H and O–H groups in total. The molecule has 2 heterocycles. The van der Waals surface area contributed by atoms with Crippen LogP contribution in [0, 0.1) is 11.3 Å². The van der Waals surface area contributed by atoms with Crippen LogP contribution < -0.4 is 15.4 Å². The molecule has 1 unspecified atom stereocenters. The van der Waals surface area contributed by atoms with Gasteiger partial charge in [0.05, 0.1) is 18.8 Å². The number of amides is 2. The largest absolute Gasteiger partial charge is 0.487 e. The first-order valence-electron chi connectivity index (χ1n) is 13.0. The van der Waals surface area contributed by atoms with E-state index in [1.807, 2.05) is 49.0 Å². The lowest BCUT2D eigenvalue weighted by Crippen LogP contribution is -2.48. The van der Waals surface area contributed by atoms with Crippen molar-refractivity contribution in [3.05, 3.63) is 76.8 Å². The van der Waals surface area contributed by atoms with Gasteiger partial charge in [0.25, 0.3) is 0 Å². The number of ether oxygens (including phenoxy) is 1. The van der Waals surface area contributed by atoms with Crippen molar-refractivity contribution in [3.8, 4) is 5.75 Å². The third-order valence-corrected chi connectivity index (χ3v) is 7.51. The molecule has 5 rings (SSSR count). The van der Waals surface area contributed by atoms with E-state index < -0.39 is 6.04 Å². The van der Waals surface area contributed by atoms with Crippen molar-refractivity contribution in [1.29, 1.82) is 0 Å². The molecule has 1 aromatic heterocycles. The molecule has 0 fully saturated rings. The molecule has 3 aliphatic rings. The zero-order valence-electron chi connectivity index (χ0n) is 21.8. The molecule has 2 aliphatic carbocycles. The number of nitrogens with zero attached hydrogens (tertiary/aromatic N) is 3. The molecule has 37 heavy (non-hydrogen) atoms. The summed E-state index contributed by atoms with van der Waals surface area (Å²) >= 11 is 0. The summed E-state index contributed by atoms with van der Waals surface area (Å²) in [6.07, 6.45) is 8.53. The van der Waals surface area contributed by atoms with Crippen LogP contribution >= 0.6 is 0 Å². The first-order valence-corrected chi connectivity index (χ1v) is 13.0. The monoisotopic (exact) mass is 501 g/mol. The molecule has 0 spiro atoms. The van der Waals surface area contributed by atoms with Gasteiger partial charge in [-0.2, -0.15) is 0 Å². The second-order valence-corrected chi connectivity index (χ2v) is 11.3. The summed E-state index contributed by atoms with van der Waals surface area (Å²) in [7, 11) is 0. The van der Waals surface area contributed by atoms with Crippen LogP contribution in [0.1, 0.15) is 70.2 Å². The molecule has 0 saturated heterocycles. The van der Waals surface area contributed by atoms with E-state index in [9.17, 15) is 9.59 Å². The molecule has 2 amide bonds. The standard InChI is InChI=1S/C29H35N5O3/c1-18(2)20-11-9-19(10-12-20)15-34-16-21(32-33-34)17-37-25-8-6-5-7-22(25)27-26-23(30-28(36)31-27)13-29(3,4)14-24(26)35/h5-9,16,20,27H,1,10-15,17H2,2-4H3,(H2,30,31,36)/t20-,27?/m1/s1. The maximum absolute atomic E-state index is 13.1. The lowest BCUT2D eigenvalue weighted by Gasteiger charge is -2.38. The Morgan fingerprint density at radius 2 is 2.05 bits per heavy atom. The van der Waals surface area contributed by atoms with Crippen LogP contribution in [0.4, 0.5) is 4.79 Å². The second-order valence-electron chi connectivity index (χ2n) is 11.3. The quantitative estimate of drug-likeness (QED) is 0.511. The highest BCUT2D eigenvalue weighted by molar-refractivity contribution is 6.01. The molecule has 0 saturated carbocycles. The van der Waals surface area contributed by atoms with Crippen LogP contribution in [-0.4, -0.2) is 26.8 Å². The lowest BCUT2D eigenvalue weighted by atomic mass is 9.73. The average molecular weight is 502 g/mol. The normalized spacial score (nSPS) is 23.1. The van der Waals surface area contributed by atoms with E-state index in [-0.39, 0.29) is 23.8 Å². The first-order chi connectivity index (χ1) is 17.7. The van der Waals surface area contributed by atoms with Crippen LogP contribution in [-0.2, 0) is 17.9 Å². The van der Waals surface area contributed by atoms with Crippen molar-refractivity contribution >= 4 is 11.8 Å². The Balaban J connectivity index is 1.29. The van der Waals surface area contributed by atoms with Gasteiger partial charge in [-0.05, 0) is 50.0 Å². The van der Waals surface area contributed by atoms with E-state index in [4.69, 9.17) is 4.74 Å². The van der Waals surface area contributed by atoms with Gasteiger partial charge in [0.15, 0.2) is 5.78 Å². The Hall–Kier alpha value is -3.68. The SMILES string of the molecule is C=C(C)[C@@H]1CC=C(Cn2cc(COc3ccccc3C3NC(=O)NC4=C3C(=O)CC(C)(C)C4)nn2)CC1. The Bertz CT molecular complexity index is 1300. The van der Waals surface area contributed by atoms with Gasteiger partial charge in [-0.3, -0.25) is 4.79 Å². The molecule has 2 aromatic rings. The highest BCUT2D eigenvalue weighted by Gasteiger charge is 2.41. The Morgan fingerprint density at radius 3 is 2.81 bits per heavy atom. The summed E-state index contributed by atoms with van der Waals surface area (Å²) < 4.78 is 8.02. The predicted octanol–water partition coefficient (Wildman–Crippen LogP) is 5.16. The van der Waals surface area contributed by atoms with Crippen molar-refractivity contribution in [2.45, 2.75) is 72.1 Å². The summed E-state index contributed by atoms with van der Waals surface area (Å²) in [5.41, 5.74) is 5.23. The minimum absolute atomic E-state index is 0.0492. The second kappa shape index (κ2) is 10.00. The highest BCUT2D eigenvalue weighted by atomic mass is 16.5. The zero-order valence-corrected chi connectivity index (χ0v) is 21.8. The number of ketones is 1. The van der Waals surface area contributed by atoms with Gasteiger partial charge in [-0.15, -0.1) is 5.10 Å². The third kappa shape index (κ3) is 5.53. The number of carbonyl (C=O) groups is 2. The van der Waals surface area contributed by atoms with Crippen molar-refractivity contribution in [1.82, 2.24) is 25.6 Å². The molecule has 2 atom stereocenters. The molecule has 0 bridgehead atoms. The number of hydrogen-bond acceptors (Lipinski definition) is 5. The summed E-state index contributed by atoms with van der Waals surface area (Å²) in [5, 5.41) is 14.4. The van der Waals surface area contributed by atoms with Gasteiger partial charge in [0, 0.05) is 23.3 Å². The number of hydrogen-bond donors (Lipinski definition) is 2. The van der Waals surface area contributed by atoms with Crippen molar-refractivity contribution < 1.29 is 14.3 Å². The fraction of sp³-hybridized carbons (Fsp3) is 0.448. The van der Waals surface area contributed by atoms with Gasteiger partial charge in [-0.25, -0.2) is 9.48 Å². The molecular weight excluding hydrogens is 466 g/mol. The number of aromatic nitrogens is 3. The molecular formula is C29H35N5O3. The topological polar surface area (TPSA) is 98.1 Å². The number of Topliss-reactive ketones (excluding diaryl/α,β-unsaturated/α-hetero) is 1. The van der Waals surface area contributed by atoms with E-state index in [0.717, 1.165) is 37.1 Å². The molecule has 8 heteroatoms.